The first-order valence-electron chi connectivity index (χ1n) is 5.65. The van der Waals surface area contributed by atoms with Crippen molar-refractivity contribution in [1.29, 1.82) is 0 Å². The fraction of sp³-hybridized carbons (Fsp3) is 1.00. The lowest BCUT2D eigenvalue weighted by Gasteiger charge is -2.41. The van der Waals surface area contributed by atoms with Crippen LogP contribution in [0.25, 0.3) is 0 Å². The van der Waals surface area contributed by atoms with E-state index in [0.717, 1.165) is 24.3 Å². The van der Waals surface area contributed by atoms with Crippen LogP contribution in [-0.2, 0) is 0 Å². The summed E-state index contributed by atoms with van der Waals surface area (Å²) in [5.41, 5.74) is 6.18. The number of rotatable bonds is 2. The van der Waals surface area contributed by atoms with Crippen LogP contribution in [0.1, 0.15) is 47.0 Å². The highest BCUT2D eigenvalue weighted by Gasteiger charge is 2.33. The zero-order valence-corrected chi connectivity index (χ0v) is 9.64. The molecule has 1 aliphatic carbocycles. The molecule has 1 fully saturated rings. The monoisotopic (exact) mass is 183 g/mol. The number of nitrogens with two attached hydrogens (primary N) is 1. The van der Waals surface area contributed by atoms with Gasteiger partial charge in [0, 0.05) is 0 Å². The fourth-order valence-electron chi connectivity index (χ4n) is 2.75. The average Bonchev–Trinajstić information content (AvgIpc) is 2.02. The van der Waals surface area contributed by atoms with E-state index in [1.807, 2.05) is 0 Å². The molecule has 0 amide bonds. The second-order valence-electron chi connectivity index (χ2n) is 5.81. The summed E-state index contributed by atoms with van der Waals surface area (Å²) >= 11 is 0. The van der Waals surface area contributed by atoms with Crippen LogP contribution >= 0.6 is 0 Å². The summed E-state index contributed by atoms with van der Waals surface area (Å²) in [6, 6.07) is 0. The predicted octanol–water partition coefficient (Wildman–Crippen LogP) is 3.04. The van der Waals surface area contributed by atoms with Crippen LogP contribution in [0, 0.1) is 23.2 Å². The molecule has 13 heavy (non-hydrogen) atoms. The van der Waals surface area contributed by atoms with E-state index in [1.54, 1.807) is 0 Å². The second-order valence-corrected chi connectivity index (χ2v) is 5.81. The molecule has 0 aromatic heterocycles. The standard InChI is InChI=1S/C12H25N/c1-9-5-10(2)7-11(6-9)12(3,4)8-13/h9-11H,5-8,13H2,1-4H3. The van der Waals surface area contributed by atoms with Gasteiger partial charge in [0.1, 0.15) is 0 Å². The van der Waals surface area contributed by atoms with Gasteiger partial charge in [0.05, 0.1) is 0 Å². The molecule has 1 aliphatic rings. The summed E-state index contributed by atoms with van der Waals surface area (Å²) in [7, 11) is 0. The molecular weight excluding hydrogens is 158 g/mol. The molecule has 1 rings (SSSR count). The van der Waals surface area contributed by atoms with Gasteiger partial charge < -0.3 is 5.73 Å². The SMILES string of the molecule is CC1CC(C)CC(C(C)(C)CN)C1. The molecule has 0 aliphatic heterocycles. The summed E-state index contributed by atoms with van der Waals surface area (Å²) in [5.74, 6) is 2.65. The van der Waals surface area contributed by atoms with E-state index in [1.165, 1.54) is 19.3 Å². The summed E-state index contributed by atoms with van der Waals surface area (Å²) in [5, 5.41) is 0. The maximum absolute atomic E-state index is 5.83. The third-order valence-electron chi connectivity index (χ3n) is 3.81. The molecule has 2 atom stereocenters. The van der Waals surface area contributed by atoms with Gasteiger partial charge in [-0.3, -0.25) is 0 Å². The second kappa shape index (κ2) is 4.00. The highest BCUT2D eigenvalue weighted by molar-refractivity contribution is 4.85. The third kappa shape index (κ3) is 2.70. The first-order valence-corrected chi connectivity index (χ1v) is 5.65. The fourth-order valence-corrected chi connectivity index (χ4v) is 2.75. The van der Waals surface area contributed by atoms with Gasteiger partial charge in [-0.1, -0.05) is 27.7 Å². The van der Waals surface area contributed by atoms with Crippen molar-refractivity contribution in [2.75, 3.05) is 6.54 Å². The average molecular weight is 183 g/mol. The van der Waals surface area contributed by atoms with E-state index < -0.39 is 0 Å². The van der Waals surface area contributed by atoms with Crippen molar-refractivity contribution in [2.45, 2.75) is 47.0 Å². The maximum Gasteiger partial charge on any atom is -0.00232 e. The number of hydrogen-bond acceptors (Lipinski definition) is 1. The van der Waals surface area contributed by atoms with Gasteiger partial charge in [-0.05, 0) is 49.0 Å². The van der Waals surface area contributed by atoms with Crippen LogP contribution in [0.5, 0.6) is 0 Å². The molecular formula is C12H25N. The van der Waals surface area contributed by atoms with E-state index in [9.17, 15) is 0 Å². The van der Waals surface area contributed by atoms with Gasteiger partial charge >= 0.3 is 0 Å². The molecule has 1 saturated carbocycles. The molecule has 1 heteroatoms. The Kier molecular flexibility index (Phi) is 3.39. The summed E-state index contributed by atoms with van der Waals surface area (Å²) in [6.45, 7) is 10.2. The maximum atomic E-state index is 5.83. The van der Waals surface area contributed by atoms with Crippen molar-refractivity contribution < 1.29 is 0 Å². The Morgan fingerprint density at radius 3 is 1.92 bits per heavy atom. The van der Waals surface area contributed by atoms with Crippen molar-refractivity contribution in [3.05, 3.63) is 0 Å². The molecule has 0 aromatic carbocycles. The molecule has 0 aromatic rings. The predicted molar refractivity (Wildman–Crippen MR) is 58.5 cm³/mol. The Balaban J connectivity index is 2.59. The van der Waals surface area contributed by atoms with Crippen molar-refractivity contribution in [1.82, 2.24) is 0 Å². The molecule has 2 unspecified atom stereocenters. The molecule has 0 saturated heterocycles. The van der Waals surface area contributed by atoms with E-state index in [2.05, 4.69) is 27.7 Å². The molecule has 0 heterocycles. The molecule has 0 bridgehead atoms. The molecule has 0 spiro atoms. The van der Waals surface area contributed by atoms with E-state index in [-0.39, 0.29) is 0 Å². The van der Waals surface area contributed by atoms with Crippen LogP contribution in [0.3, 0.4) is 0 Å². The van der Waals surface area contributed by atoms with Crippen molar-refractivity contribution in [3.8, 4) is 0 Å². The summed E-state index contributed by atoms with van der Waals surface area (Å²) in [6.07, 6.45) is 4.18. The van der Waals surface area contributed by atoms with E-state index >= 15 is 0 Å². The highest BCUT2D eigenvalue weighted by Crippen LogP contribution is 2.42. The third-order valence-corrected chi connectivity index (χ3v) is 3.81. The van der Waals surface area contributed by atoms with Gasteiger partial charge in [-0.15, -0.1) is 0 Å². The first-order chi connectivity index (χ1) is 5.95. The normalized spacial score (nSPS) is 36.2. The van der Waals surface area contributed by atoms with Crippen molar-refractivity contribution in [3.63, 3.8) is 0 Å². The lowest BCUT2D eigenvalue weighted by atomic mass is 9.66. The Morgan fingerprint density at radius 2 is 1.54 bits per heavy atom. The Morgan fingerprint density at radius 1 is 1.08 bits per heavy atom. The van der Waals surface area contributed by atoms with Gasteiger partial charge in [-0.25, -0.2) is 0 Å². The molecule has 78 valence electrons. The Bertz CT molecular complexity index is 153. The van der Waals surface area contributed by atoms with Gasteiger partial charge in [-0.2, -0.15) is 0 Å². The van der Waals surface area contributed by atoms with Gasteiger partial charge in [0.25, 0.3) is 0 Å². The largest absolute Gasteiger partial charge is 0.330 e. The quantitative estimate of drug-likeness (QED) is 0.699. The lowest BCUT2D eigenvalue weighted by Crippen LogP contribution is -2.36. The van der Waals surface area contributed by atoms with Crippen molar-refractivity contribution in [2.24, 2.45) is 28.9 Å². The highest BCUT2D eigenvalue weighted by atomic mass is 14.6. The molecule has 0 radical (unpaired) electrons. The van der Waals surface area contributed by atoms with Crippen molar-refractivity contribution >= 4 is 0 Å². The number of hydrogen-bond donors (Lipinski definition) is 1. The van der Waals surface area contributed by atoms with E-state index in [4.69, 9.17) is 5.73 Å². The first kappa shape index (κ1) is 11.0. The zero-order valence-electron chi connectivity index (χ0n) is 9.64. The molecule has 1 nitrogen and oxygen atoms in total. The zero-order chi connectivity index (χ0) is 10.1. The summed E-state index contributed by atoms with van der Waals surface area (Å²) < 4.78 is 0. The van der Waals surface area contributed by atoms with Crippen LogP contribution in [-0.4, -0.2) is 6.54 Å². The smallest absolute Gasteiger partial charge is 0.00232 e. The van der Waals surface area contributed by atoms with Gasteiger partial charge in [0.15, 0.2) is 0 Å². The Labute approximate surface area is 83.1 Å². The van der Waals surface area contributed by atoms with Crippen LogP contribution in [0.15, 0.2) is 0 Å². The summed E-state index contributed by atoms with van der Waals surface area (Å²) in [4.78, 5) is 0. The lowest BCUT2D eigenvalue weighted by molar-refractivity contribution is 0.107. The Hall–Kier alpha value is -0.0400. The minimum atomic E-state index is 0.350. The minimum absolute atomic E-state index is 0.350. The van der Waals surface area contributed by atoms with E-state index in [0.29, 0.717) is 5.41 Å². The topological polar surface area (TPSA) is 26.0 Å². The molecule has 2 N–H and O–H groups in total. The van der Waals surface area contributed by atoms with Crippen LogP contribution in [0.2, 0.25) is 0 Å². The van der Waals surface area contributed by atoms with Crippen LogP contribution < -0.4 is 5.73 Å². The van der Waals surface area contributed by atoms with Crippen LogP contribution in [0.4, 0.5) is 0 Å². The van der Waals surface area contributed by atoms with Gasteiger partial charge in [0.2, 0.25) is 0 Å². The minimum Gasteiger partial charge on any atom is -0.330 e.